The van der Waals surface area contributed by atoms with Crippen molar-refractivity contribution < 1.29 is 5.11 Å². The Labute approximate surface area is 61.0 Å². The minimum absolute atomic E-state index is 0.340. The molecule has 0 aromatic carbocycles. The van der Waals surface area contributed by atoms with Gasteiger partial charge in [0.05, 0.1) is 0 Å². The van der Waals surface area contributed by atoms with Gasteiger partial charge in [0.15, 0.2) is 0 Å². The zero-order chi connectivity index (χ0) is 7.28. The van der Waals surface area contributed by atoms with Gasteiger partial charge >= 0.3 is 0 Å². The number of aliphatic hydroxyl groups excluding tert-OH is 1. The molecule has 9 heavy (non-hydrogen) atoms. The van der Waals surface area contributed by atoms with E-state index in [1.807, 2.05) is 6.26 Å². The molecule has 0 rings (SSSR count). The van der Waals surface area contributed by atoms with Gasteiger partial charge < -0.3 is 5.11 Å². The van der Waals surface area contributed by atoms with E-state index in [4.69, 9.17) is 5.11 Å². The van der Waals surface area contributed by atoms with E-state index in [1.165, 1.54) is 0 Å². The fraction of sp³-hybridized carbons (Fsp3) is 1.00. The highest BCUT2D eigenvalue weighted by Gasteiger charge is 2.05. The first kappa shape index (κ1) is 9.27. The number of rotatable bonds is 4. The van der Waals surface area contributed by atoms with E-state index in [0.717, 1.165) is 6.42 Å². The number of nitrogens with one attached hydrogen (secondary N) is 1. The van der Waals surface area contributed by atoms with Crippen LogP contribution in [0.3, 0.4) is 0 Å². The monoisotopic (exact) mass is 149 g/mol. The van der Waals surface area contributed by atoms with Crippen LogP contribution in [0.25, 0.3) is 0 Å². The Morgan fingerprint density at radius 1 is 1.67 bits per heavy atom. The summed E-state index contributed by atoms with van der Waals surface area (Å²) in [6.07, 6.45) is 2.53. The third-order valence-electron chi connectivity index (χ3n) is 1.29. The molecule has 2 nitrogen and oxygen atoms in total. The molecule has 2 atom stereocenters. The van der Waals surface area contributed by atoms with E-state index in [9.17, 15) is 0 Å². The molecule has 3 heteroatoms. The van der Waals surface area contributed by atoms with Crippen LogP contribution < -0.4 is 5.32 Å². The van der Waals surface area contributed by atoms with Crippen LogP contribution in [0.5, 0.6) is 0 Å². The molecule has 0 aliphatic heterocycles. The Kier molecular flexibility index (Phi) is 5.24. The van der Waals surface area contributed by atoms with Gasteiger partial charge in [-0.05, 0) is 19.7 Å². The van der Waals surface area contributed by atoms with Gasteiger partial charge in [-0.3, -0.25) is 5.32 Å². The Balaban J connectivity index is 3.22. The van der Waals surface area contributed by atoms with Crippen molar-refractivity contribution in [2.24, 2.45) is 0 Å². The van der Waals surface area contributed by atoms with Gasteiger partial charge in [-0.15, -0.1) is 0 Å². The van der Waals surface area contributed by atoms with Crippen LogP contribution in [0.1, 0.15) is 13.3 Å². The zero-order valence-electron chi connectivity index (χ0n) is 6.22. The van der Waals surface area contributed by atoms with Crippen molar-refractivity contribution in [3.05, 3.63) is 0 Å². The van der Waals surface area contributed by atoms with Crippen LogP contribution in [-0.2, 0) is 0 Å². The molecule has 0 heterocycles. The van der Waals surface area contributed by atoms with Gasteiger partial charge in [0.25, 0.3) is 0 Å². The van der Waals surface area contributed by atoms with Crippen molar-refractivity contribution in [1.82, 2.24) is 5.32 Å². The van der Waals surface area contributed by atoms with Crippen LogP contribution in [-0.4, -0.2) is 29.9 Å². The largest absolute Gasteiger partial charge is 0.379 e. The molecular weight excluding hydrogens is 134 g/mol. The minimum Gasteiger partial charge on any atom is -0.379 e. The van der Waals surface area contributed by atoms with Crippen LogP contribution in [0.2, 0.25) is 0 Å². The summed E-state index contributed by atoms with van der Waals surface area (Å²) in [4.78, 5) is 0. The second-order valence-electron chi connectivity index (χ2n) is 2.09. The van der Waals surface area contributed by atoms with Crippen LogP contribution in [0, 0.1) is 0 Å². The van der Waals surface area contributed by atoms with Crippen molar-refractivity contribution in [1.29, 1.82) is 0 Å². The van der Waals surface area contributed by atoms with E-state index in [1.54, 1.807) is 18.8 Å². The topological polar surface area (TPSA) is 32.3 Å². The maximum absolute atomic E-state index is 9.04. The minimum atomic E-state index is -0.340. The molecule has 0 fully saturated rings. The van der Waals surface area contributed by atoms with E-state index in [0.29, 0.717) is 5.25 Å². The van der Waals surface area contributed by atoms with Crippen molar-refractivity contribution in [2.75, 3.05) is 13.3 Å². The highest BCUT2D eigenvalue weighted by molar-refractivity contribution is 7.99. The Morgan fingerprint density at radius 2 is 2.22 bits per heavy atom. The molecular formula is C6H15NOS. The second-order valence-corrected chi connectivity index (χ2v) is 3.36. The number of aliphatic hydroxyl groups is 1. The quantitative estimate of drug-likeness (QED) is 0.576. The smallest absolute Gasteiger partial charge is 0.105 e. The lowest BCUT2D eigenvalue weighted by Gasteiger charge is -2.12. The summed E-state index contributed by atoms with van der Waals surface area (Å²) in [6, 6.07) is 0. The third kappa shape index (κ3) is 4.75. The Hall–Kier alpha value is 0.270. The molecule has 0 radical (unpaired) electrons. The van der Waals surface area contributed by atoms with Crippen LogP contribution in [0.15, 0.2) is 0 Å². The zero-order valence-corrected chi connectivity index (χ0v) is 7.03. The molecule has 2 N–H and O–H groups in total. The van der Waals surface area contributed by atoms with Crippen molar-refractivity contribution >= 4 is 11.8 Å². The molecule has 0 spiro atoms. The molecule has 0 aromatic heterocycles. The predicted octanol–water partition coefficient (Wildman–Crippen LogP) is 0.666. The van der Waals surface area contributed by atoms with Crippen LogP contribution in [0.4, 0.5) is 0 Å². The lowest BCUT2D eigenvalue weighted by atomic mass is 10.3. The fourth-order valence-corrected chi connectivity index (χ4v) is 0.903. The average Bonchev–Trinajstić information content (AvgIpc) is 1.87. The van der Waals surface area contributed by atoms with Gasteiger partial charge in [0.2, 0.25) is 0 Å². The van der Waals surface area contributed by atoms with Crippen molar-refractivity contribution in [3.63, 3.8) is 0 Å². The lowest BCUT2D eigenvalue weighted by Crippen LogP contribution is -2.27. The first-order valence-electron chi connectivity index (χ1n) is 3.08. The lowest BCUT2D eigenvalue weighted by molar-refractivity contribution is 0.138. The molecule has 0 bridgehead atoms. The highest BCUT2D eigenvalue weighted by Crippen LogP contribution is 2.10. The number of thioether (sulfide) groups is 1. The molecule has 0 aliphatic carbocycles. The standard InChI is InChI=1S/C6H15NOS/c1-5(9-3)4-6(8)7-2/h5-8H,4H2,1-3H3. The normalized spacial score (nSPS) is 17.3. The van der Waals surface area contributed by atoms with Gasteiger partial charge in [-0.1, -0.05) is 6.92 Å². The van der Waals surface area contributed by atoms with E-state index < -0.39 is 0 Å². The Bertz CT molecular complexity index is 62.1. The van der Waals surface area contributed by atoms with Crippen molar-refractivity contribution in [2.45, 2.75) is 24.8 Å². The van der Waals surface area contributed by atoms with Crippen molar-refractivity contribution in [3.8, 4) is 0 Å². The molecule has 2 unspecified atom stereocenters. The van der Waals surface area contributed by atoms with Gasteiger partial charge in [-0.2, -0.15) is 11.8 Å². The summed E-state index contributed by atoms with van der Waals surface area (Å²) < 4.78 is 0. The van der Waals surface area contributed by atoms with Crippen LogP contribution >= 0.6 is 11.8 Å². The summed E-state index contributed by atoms with van der Waals surface area (Å²) in [5, 5.41) is 12.3. The summed E-state index contributed by atoms with van der Waals surface area (Å²) >= 11 is 1.77. The molecule has 56 valence electrons. The van der Waals surface area contributed by atoms with Gasteiger partial charge in [-0.25, -0.2) is 0 Å². The van der Waals surface area contributed by atoms with Gasteiger partial charge in [0, 0.05) is 5.25 Å². The summed E-state index contributed by atoms with van der Waals surface area (Å²) in [5.41, 5.74) is 0. The van der Waals surface area contributed by atoms with E-state index in [-0.39, 0.29) is 6.23 Å². The highest BCUT2D eigenvalue weighted by atomic mass is 32.2. The molecule has 0 amide bonds. The first-order chi connectivity index (χ1) is 4.20. The van der Waals surface area contributed by atoms with E-state index in [2.05, 4.69) is 12.2 Å². The first-order valence-corrected chi connectivity index (χ1v) is 4.37. The maximum atomic E-state index is 9.04. The Morgan fingerprint density at radius 3 is 2.56 bits per heavy atom. The predicted molar refractivity (Wildman–Crippen MR) is 42.7 cm³/mol. The number of hydrogen-bond acceptors (Lipinski definition) is 3. The molecule has 0 saturated carbocycles. The second kappa shape index (κ2) is 5.09. The maximum Gasteiger partial charge on any atom is 0.105 e. The summed E-state index contributed by atoms with van der Waals surface area (Å²) in [6.45, 7) is 2.10. The average molecular weight is 149 g/mol. The van der Waals surface area contributed by atoms with E-state index >= 15 is 0 Å². The SMILES string of the molecule is CNC(O)CC(C)SC. The third-order valence-corrected chi connectivity index (χ3v) is 2.29. The number of hydrogen-bond donors (Lipinski definition) is 2. The summed E-state index contributed by atoms with van der Waals surface area (Å²) in [7, 11) is 1.76. The fourth-order valence-electron chi connectivity index (χ4n) is 0.528. The van der Waals surface area contributed by atoms with Gasteiger partial charge in [0.1, 0.15) is 6.23 Å². The molecule has 0 aliphatic rings. The summed E-state index contributed by atoms with van der Waals surface area (Å²) in [5.74, 6) is 0. The molecule has 0 saturated heterocycles. The molecule has 0 aromatic rings.